The molecule has 0 saturated heterocycles. The number of aliphatic carboxylic acids is 1. The van der Waals surface area contributed by atoms with E-state index in [2.05, 4.69) is 10.3 Å². The van der Waals surface area contributed by atoms with Crippen LogP contribution in [0.25, 0.3) is 10.9 Å². The molecule has 3 aromatic rings. The van der Waals surface area contributed by atoms with Gasteiger partial charge in [0.15, 0.2) is 0 Å². The Kier molecular flexibility index (Phi) is 4.88. The number of H-pyrrole nitrogens is 1. The van der Waals surface area contributed by atoms with Crippen LogP contribution in [0.15, 0.2) is 48.5 Å². The SMILES string of the molecule is COc1cccc2[nH]c(C(=O)N[C@@H](Cc3cccc(F)c3)C(=O)O)cc12. The number of rotatable bonds is 6. The van der Waals surface area contributed by atoms with Gasteiger partial charge in [-0.3, -0.25) is 4.79 Å². The summed E-state index contributed by atoms with van der Waals surface area (Å²) in [5, 5.41) is 12.6. The van der Waals surface area contributed by atoms with Crippen molar-refractivity contribution < 1.29 is 23.8 Å². The fraction of sp³-hybridized carbons (Fsp3) is 0.158. The minimum absolute atomic E-state index is 0.0254. The van der Waals surface area contributed by atoms with Crippen molar-refractivity contribution in [2.24, 2.45) is 0 Å². The van der Waals surface area contributed by atoms with Gasteiger partial charge < -0.3 is 20.1 Å². The smallest absolute Gasteiger partial charge is 0.326 e. The number of ether oxygens (including phenoxy) is 1. The largest absolute Gasteiger partial charge is 0.496 e. The number of halogens is 1. The second-order valence-corrected chi connectivity index (χ2v) is 5.80. The maximum absolute atomic E-state index is 13.3. The number of carbonyl (C=O) groups is 2. The third kappa shape index (κ3) is 3.66. The van der Waals surface area contributed by atoms with Crippen molar-refractivity contribution in [1.29, 1.82) is 0 Å². The Morgan fingerprint density at radius 1 is 1.23 bits per heavy atom. The van der Waals surface area contributed by atoms with E-state index in [-0.39, 0.29) is 12.1 Å². The third-order valence-corrected chi connectivity index (χ3v) is 4.02. The van der Waals surface area contributed by atoms with Gasteiger partial charge >= 0.3 is 5.97 Å². The van der Waals surface area contributed by atoms with Crippen molar-refractivity contribution in [1.82, 2.24) is 10.3 Å². The topological polar surface area (TPSA) is 91.4 Å². The molecule has 0 aliphatic rings. The summed E-state index contributed by atoms with van der Waals surface area (Å²) in [5.41, 5.74) is 1.40. The van der Waals surface area contributed by atoms with Gasteiger partial charge in [-0.1, -0.05) is 18.2 Å². The molecule has 0 aliphatic heterocycles. The molecule has 0 unspecified atom stereocenters. The van der Waals surface area contributed by atoms with E-state index in [1.54, 1.807) is 30.3 Å². The standard InChI is InChI=1S/C19H17FN2O4/c1-26-17-7-3-6-14-13(17)10-15(21-14)18(23)22-16(19(24)25)9-11-4-2-5-12(20)8-11/h2-8,10,16,21H,9H2,1H3,(H,22,23)(H,24,25)/t16-/m0/s1. The number of methoxy groups -OCH3 is 1. The van der Waals surface area contributed by atoms with E-state index in [4.69, 9.17) is 4.74 Å². The summed E-state index contributed by atoms with van der Waals surface area (Å²) in [6.45, 7) is 0. The van der Waals surface area contributed by atoms with Crippen LogP contribution in [0.3, 0.4) is 0 Å². The van der Waals surface area contributed by atoms with E-state index in [0.29, 0.717) is 16.8 Å². The molecule has 0 spiro atoms. The van der Waals surface area contributed by atoms with Gasteiger partial charge in [0.05, 0.1) is 7.11 Å². The van der Waals surface area contributed by atoms with Crippen LogP contribution in [-0.2, 0) is 11.2 Å². The molecule has 0 radical (unpaired) electrons. The number of aromatic amines is 1. The quantitative estimate of drug-likeness (QED) is 0.633. The Morgan fingerprint density at radius 2 is 2.00 bits per heavy atom. The first-order valence-electron chi connectivity index (χ1n) is 7.92. The lowest BCUT2D eigenvalue weighted by Crippen LogP contribution is -2.42. The first-order chi connectivity index (χ1) is 12.5. The van der Waals surface area contributed by atoms with Gasteiger partial charge in [0, 0.05) is 17.3 Å². The summed E-state index contributed by atoms with van der Waals surface area (Å²) < 4.78 is 18.5. The monoisotopic (exact) mass is 356 g/mol. The van der Waals surface area contributed by atoms with Crippen molar-refractivity contribution in [2.45, 2.75) is 12.5 Å². The molecule has 134 valence electrons. The fourth-order valence-electron chi connectivity index (χ4n) is 2.76. The van der Waals surface area contributed by atoms with E-state index in [1.165, 1.54) is 25.3 Å². The average molecular weight is 356 g/mol. The van der Waals surface area contributed by atoms with Gasteiger partial charge in [0.25, 0.3) is 5.91 Å². The molecule has 1 atom stereocenters. The minimum atomic E-state index is -1.20. The lowest BCUT2D eigenvalue weighted by atomic mass is 10.1. The highest BCUT2D eigenvalue weighted by Gasteiger charge is 2.22. The zero-order valence-corrected chi connectivity index (χ0v) is 14.0. The van der Waals surface area contributed by atoms with Crippen molar-refractivity contribution in [3.05, 3.63) is 65.6 Å². The molecule has 26 heavy (non-hydrogen) atoms. The van der Waals surface area contributed by atoms with E-state index < -0.39 is 23.7 Å². The predicted molar refractivity (Wildman–Crippen MR) is 93.8 cm³/mol. The molecule has 7 heteroatoms. The number of nitrogens with one attached hydrogen (secondary N) is 2. The molecule has 3 N–H and O–H groups in total. The van der Waals surface area contributed by atoms with Gasteiger partial charge in [0.2, 0.25) is 0 Å². The molecule has 1 amide bonds. The van der Waals surface area contributed by atoms with Crippen LogP contribution in [0.5, 0.6) is 5.75 Å². The molecule has 1 aromatic heterocycles. The molecule has 0 fully saturated rings. The number of hydrogen-bond donors (Lipinski definition) is 3. The number of fused-ring (bicyclic) bond motifs is 1. The Bertz CT molecular complexity index is 967. The van der Waals surface area contributed by atoms with E-state index in [0.717, 1.165) is 5.39 Å². The second kappa shape index (κ2) is 7.26. The number of hydrogen-bond acceptors (Lipinski definition) is 3. The first-order valence-corrected chi connectivity index (χ1v) is 7.92. The van der Waals surface area contributed by atoms with Gasteiger partial charge in [-0.05, 0) is 35.9 Å². The maximum atomic E-state index is 13.3. The zero-order valence-electron chi connectivity index (χ0n) is 14.0. The van der Waals surface area contributed by atoms with Crippen LogP contribution in [0, 0.1) is 5.82 Å². The molecule has 3 rings (SSSR count). The molecule has 0 saturated carbocycles. The number of carboxylic acid groups (broad SMARTS) is 1. The summed E-state index contributed by atoms with van der Waals surface area (Å²) in [4.78, 5) is 26.9. The number of amides is 1. The molecular weight excluding hydrogens is 339 g/mol. The Morgan fingerprint density at radius 3 is 2.69 bits per heavy atom. The average Bonchev–Trinajstić information content (AvgIpc) is 3.05. The molecule has 1 heterocycles. The van der Waals surface area contributed by atoms with Crippen LogP contribution in [0.4, 0.5) is 4.39 Å². The summed E-state index contributed by atoms with van der Waals surface area (Å²) in [7, 11) is 1.53. The van der Waals surface area contributed by atoms with E-state index in [9.17, 15) is 19.1 Å². The van der Waals surface area contributed by atoms with Crippen molar-refractivity contribution in [3.8, 4) is 5.75 Å². The van der Waals surface area contributed by atoms with Gasteiger partial charge in [-0.25, -0.2) is 9.18 Å². The first kappa shape index (κ1) is 17.5. The highest BCUT2D eigenvalue weighted by atomic mass is 19.1. The highest BCUT2D eigenvalue weighted by Crippen LogP contribution is 2.26. The molecule has 6 nitrogen and oxygen atoms in total. The van der Waals surface area contributed by atoms with Crippen LogP contribution in [0.1, 0.15) is 16.1 Å². The van der Waals surface area contributed by atoms with Crippen molar-refractivity contribution >= 4 is 22.8 Å². The second-order valence-electron chi connectivity index (χ2n) is 5.80. The highest BCUT2D eigenvalue weighted by molar-refractivity contribution is 6.01. The van der Waals surface area contributed by atoms with Crippen molar-refractivity contribution in [2.75, 3.05) is 7.11 Å². The van der Waals surface area contributed by atoms with Gasteiger partial charge in [0.1, 0.15) is 23.3 Å². The molecule has 0 bridgehead atoms. The van der Waals surface area contributed by atoms with Gasteiger partial charge in [-0.2, -0.15) is 0 Å². The van der Waals surface area contributed by atoms with E-state index in [1.807, 2.05) is 0 Å². The summed E-state index contributed by atoms with van der Waals surface area (Å²) >= 11 is 0. The number of benzene rings is 2. The van der Waals surface area contributed by atoms with Crippen LogP contribution in [0.2, 0.25) is 0 Å². The molecule has 0 aliphatic carbocycles. The summed E-state index contributed by atoms with van der Waals surface area (Å²) in [5.74, 6) is -1.61. The zero-order chi connectivity index (χ0) is 18.7. The Balaban J connectivity index is 1.81. The maximum Gasteiger partial charge on any atom is 0.326 e. The van der Waals surface area contributed by atoms with Crippen LogP contribution >= 0.6 is 0 Å². The lowest BCUT2D eigenvalue weighted by molar-refractivity contribution is -0.139. The fourth-order valence-corrected chi connectivity index (χ4v) is 2.76. The minimum Gasteiger partial charge on any atom is -0.496 e. The van der Waals surface area contributed by atoms with Crippen molar-refractivity contribution in [3.63, 3.8) is 0 Å². The molecular formula is C19H17FN2O4. The normalized spacial score (nSPS) is 11.9. The summed E-state index contributed by atoms with van der Waals surface area (Å²) in [6, 6.07) is 11.4. The van der Waals surface area contributed by atoms with Crippen LogP contribution in [-0.4, -0.2) is 35.1 Å². The molecule has 2 aromatic carbocycles. The van der Waals surface area contributed by atoms with Gasteiger partial charge in [-0.15, -0.1) is 0 Å². The Hall–Kier alpha value is -3.35. The Labute approximate surface area is 148 Å². The summed E-state index contributed by atoms with van der Waals surface area (Å²) in [6.07, 6.45) is -0.0254. The predicted octanol–water partition coefficient (Wildman–Crippen LogP) is 2.74. The number of aromatic nitrogens is 1. The number of carboxylic acids is 1. The van der Waals surface area contributed by atoms with E-state index >= 15 is 0 Å². The lowest BCUT2D eigenvalue weighted by Gasteiger charge is -2.14. The van der Waals surface area contributed by atoms with Crippen LogP contribution < -0.4 is 10.1 Å². The third-order valence-electron chi connectivity index (χ3n) is 4.02. The number of carbonyl (C=O) groups excluding carboxylic acids is 1.